The van der Waals surface area contributed by atoms with Gasteiger partial charge in [-0.15, -0.1) is 0 Å². The van der Waals surface area contributed by atoms with Gasteiger partial charge in [0.1, 0.15) is 11.6 Å². The van der Waals surface area contributed by atoms with Gasteiger partial charge in [-0.1, -0.05) is 0 Å². The Labute approximate surface area is 93.2 Å². The Bertz CT molecular complexity index is 242. The molecule has 0 aromatic heterocycles. The van der Waals surface area contributed by atoms with Gasteiger partial charge in [0, 0.05) is 0 Å². The van der Waals surface area contributed by atoms with Crippen LogP contribution in [0.4, 0.5) is 0 Å². The minimum absolute atomic E-state index is 0.410. The van der Waals surface area contributed by atoms with Crippen molar-refractivity contribution in [3.63, 3.8) is 0 Å². The van der Waals surface area contributed by atoms with E-state index in [-0.39, 0.29) is 0 Å². The number of carbonyl (C=O) groups is 2. The number of thioether (sulfide) groups is 1. The second-order valence-corrected chi connectivity index (χ2v) is 4.73. The van der Waals surface area contributed by atoms with E-state index in [4.69, 9.17) is 10.2 Å². The highest BCUT2D eigenvalue weighted by Gasteiger charge is 2.32. The Morgan fingerprint density at radius 3 is 2.27 bits per heavy atom. The summed E-state index contributed by atoms with van der Waals surface area (Å²) in [7, 11) is 0. The Morgan fingerprint density at radius 2 is 1.93 bits per heavy atom. The quantitative estimate of drug-likeness (QED) is 0.600. The van der Waals surface area contributed by atoms with Gasteiger partial charge in [-0.2, -0.15) is 11.8 Å². The van der Waals surface area contributed by atoms with Gasteiger partial charge in [0.2, 0.25) is 0 Å². The first-order valence-electron chi connectivity index (χ1n) is 4.54. The first-order valence-corrected chi connectivity index (χ1v) is 5.93. The van der Waals surface area contributed by atoms with Gasteiger partial charge in [-0.25, -0.2) is 0 Å². The molecule has 6 heteroatoms. The normalized spacial score (nSPS) is 13.5. The van der Waals surface area contributed by atoms with Crippen molar-refractivity contribution in [1.29, 1.82) is 0 Å². The highest BCUT2D eigenvalue weighted by molar-refractivity contribution is 7.98. The van der Waals surface area contributed by atoms with Gasteiger partial charge < -0.3 is 10.2 Å². The van der Waals surface area contributed by atoms with Crippen molar-refractivity contribution >= 4 is 23.7 Å². The molecule has 0 bridgehead atoms. The molecule has 0 amide bonds. The van der Waals surface area contributed by atoms with Crippen molar-refractivity contribution in [1.82, 2.24) is 5.32 Å². The molecule has 3 N–H and O–H groups in total. The van der Waals surface area contributed by atoms with E-state index >= 15 is 0 Å². The van der Waals surface area contributed by atoms with Crippen LogP contribution < -0.4 is 5.32 Å². The molecule has 5 nitrogen and oxygen atoms in total. The second kappa shape index (κ2) is 5.97. The lowest BCUT2D eigenvalue weighted by Crippen LogP contribution is -2.54. The largest absolute Gasteiger partial charge is 0.480 e. The van der Waals surface area contributed by atoms with Crippen molar-refractivity contribution in [3.05, 3.63) is 0 Å². The van der Waals surface area contributed by atoms with E-state index in [0.717, 1.165) is 0 Å². The topological polar surface area (TPSA) is 86.6 Å². The summed E-state index contributed by atoms with van der Waals surface area (Å²) in [4.78, 5) is 21.6. The second-order valence-electron chi connectivity index (χ2n) is 3.75. The average molecular weight is 235 g/mol. The van der Waals surface area contributed by atoms with E-state index in [9.17, 15) is 9.59 Å². The average Bonchev–Trinajstić information content (AvgIpc) is 2.11. The van der Waals surface area contributed by atoms with Crippen LogP contribution in [0.1, 0.15) is 20.3 Å². The Morgan fingerprint density at radius 1 is 1.40 bits per heavy atom. The molecule has 0 saturated heterocycles. The summed E-state index contributed by atoms with van der Waals surface area (Å²) < 4.78 is 0. The van der Waals surface area contributed by atoms with Crippen LogP contribution in [-0.4, -0.2) is 45.7 Å². The maximum absolute atomic E-state index is 10.8. The predicted octanol–water partition coefficient (Wildman–Crippen LogP) is 0.645. The molecule has 0 spiro atoms. The zero-order valence-corrected chi connectivity index (χ0v) is 9.93. The van der Waals surface area contributed by atoms with Gasteiger partial charge >= 0.3 is 11.9 Å². The van der Waals surface area contributed by atoms with E-state index in [2.05, 4.69) is 5.32 Å². The molecule has 0 radical (unpaired) electrons. The number of nitrogens with one attached hydrogen (secondary N) is 1. The molecule has 0 fully saturated rings. The van der Waals surface area contributed by atoms with Crippen molar-refractivity contribution < 1.29 is 19.8 Å². The van der Waals surface area contributed by atoms with E-state index in [1.54, 1.807) is 0 Å². The molecular formula is C9H17NO4S. The number of aliphatic carboxylic acids is 2. The minimum atomic E-state index is -1.22. The summed E-state index contributed by atoms with van der Waals surface area (Å²) in [5.41, 5.74) is -1.22. The molecule has 0 aromatic carbocycles. The summed E-state index contributed by atoms with van der Waals surface area (Å²) in [5, 5.41) is 20.3. The fraction of sp³-hybridized carbons (Fsp3) is 0.778. The molecule has 0 heterocycles. The molecule has 0 rings (SSSR count). The molecule has 0 saturated carbocycles. The number of rotatable bonds is 7. The highest BCUT2D eigenvalue weighted by atomic mass is 32.2. The summed E-state index contributed by atoms with van der Waals surface area (Å²) in [6.07, 6.45) is 2.29. The number of hydrogen-bond donors (Lipinski definition) is 3. The van der Waals surface area contributed by atoms with Crippen LogP contribution in [0.3, 0.4) is 0 Å². The Kier molecular flexibility index (Phi) is 5.67. The van der Waals surface area contributed by atoms with Crippen molar-refractivity contribution in [3.8, 4) is 0 Å². The van der Waals surface area contributed by atoms with Gasteiger partial charge in [-0.3, -0.25) is 14.9 Å². The van der Waals surface area contributed by atoms with Crippen molar-refractivity contribution in [2.24, 2.45) is 0 Å². The van der Waals surface area contributed by atoms with E-state index < -0.39 is 23.5 Å². The third kappa shape index (κ3) is 5.03. The lowest BCUT2D eigenvalue weighted by Gasteiger charge is -2.25. The number of hydrogen-bond acceptors (Lipinski definition) is 4. The van der Waals surface area contributed by atoms with Crippen LogP contribution >= 0.6 is 11.8 Å². The molecule has 0 aliphatic rings. The molecule has 1 atom stereocenters. The lowest BCUT2D eigenvalue weighted by atomic mass is 10.0. The van der Waals surface area contributed by atoms with Crippen LogP contribution in [0.2, 0.25) is 0 Å². The maximum Gasteiger partial charge on any atom is 0.323 e. The lowest BCUT2D eigenvalue weighted by molar-refractivity contribution is -0.146. The Hall–Kier alpha value is -0.750. The van der Waals surface area contributed by atoms with Crippen LogP contribution in [0, 0.1) is 0 Å². The molecule has 0 aromatic rings. The summed E-state index contributed by atoms with van der Waals surface area (Å²) in [5.74, 6) is -1.39. The number of carboxylic acid groups (broad SMARTS) is 2. The summed E-state index contributed by atoms with van der Waals surface area (Å²) in [6.45, 7) is 2.90. The van der Waals surface area contributed by atoms with E-state index in [1.807, 2.05) is 6.26 Å². The standard InChI is InChI=1S/C9H17NO4S/c1-9(2,8(13)14)10-6(7(11)12)4-5-15-3/h6,10H,4-5H2,1-3H3,(H,11,12)(H,13,14)/t6-/m0/s1. The van der Waals surface area contributed by atoms with Gasteiger partial charge in [0.15, 0.2) is 0 Å². The highest BCUT2D eigenvalue weighted by Crippen LogP contribution is 2.08. The summed E-state index contributed by atoms with van der Waals surface area (Å²) in [6, 6.07) is -0.816. The maximum atomic E-state index is 10.8. The fourth-order valence-corrected chi connectivity index (χ4v) is 1.46. The van der Waals surface area contributed by atoms with Crippen LogP contribution in [0.15, 0.2) is 0 Å². The van der Waals surface area contributed by atoms with Crippen molar-refractivity contribution in [2.45, 2.75) is 31.8 Å². The molecule has 0 aliphatic heterocycles. The molecular weight excluding hydrogens is 218 g/mol. The van der Waals surface area contributed by atoms with Gasteiger partial charge in [0.05, 0.1) is 0 Å². The van der Waals surface area contributed by atoms with Crippen molar-refractivity contribution in [2.75, 3.05) is 12.0 Å². The SMILES string of the molecule is CSCC[C@H](NC(C)(C)C(=O)O)C(=O)O. The third-order valence-electron chi connectivity index (χ3n) is 1.98. The van der Waals surface area contributed by atoms with E-state index in [1.165, 1.54) is 25.6 Å². The smallest absolute Gasteiger partial charge is 0.323 e. The monoisotopic (exact) mass is 235 g/mol. The van der Waals surface area contributed by atoms with E-state index in [0.29, 0.717) is 12.2 Å². The van der Waals surface area contributed by atoms with Crippen LogP contribution in [-0.2, 0) is 9.59 Å². The summed E-state index contributed by atoms with van der Waals surface area (Å²) >= 11 is 1.53. The Balaban J connectivity index is 4.40. The van der Waals surface area contributed by atoms with Gasteiger partial charge in [0.25, 0.3) is 0 Å². The van der Waals surface area contributed by atoms with Crippen LogP contribution in [0.5, 0.6) is 0 Å². The fourth-order valence-electron chi connectivity index (χ4n) is 0.990. The van der Waals surface area contributed by atoms with Crippen LogP contribution in [0.25, 0.3) is 0 Å². The molecule has 15 heavy (non-hydrogen) atoms. The first-order chi connectivity index (χ1) is 6.81. The zero-order chi connectivity index (χ0) is 12.1. The first kappa shape index (κ1) is 14.2. The zero-order valence-electron chi connectivity index (χ0n) is 9.11. The van der Waals surface area contributed by atoms with Gasteiger partial charge in [-0.05, 0) is 32.3 Å². The number of carboxylic acids is 2. The molecule has 0 aliphatic carbocycles. The third-order valence-corrected chi connectivity index (χ3v) is 2.62. The molecule has 88 valence electrons. The molecule has 0 unspecified atom stereocenters. The predicted molar refractivity (Wildman–Crippen MR) is 59.3 cm³/mol. The minimum Gasteiger partial charge on any atom is -0.480 e.